The second-order valence-corrected chi connectivity index (χ2v) is 4.93. The molecule has 0 fully saturated rings. The number of phenols is 1. The first-order valence-electron chi connectivity index (χ1n) is 6.98. The van der Waals surface area contributed by atoms with E-state index in [9.17, 15) is 14.7 Å². The van der Waals surface area contributed by atoms with Gasteiger partial charge in [0.1, 0.15) is 5.75 Å². The topological polar surface area (TPSA) is 78.4 Å². The largest absolute Gasteiger partial charge is 0.508 e. The molecule has 0 saturated heterocycles. The molecule has 0 aliphatic rings. The molecular weight excluding hydrogens is 280 g/mol. The summed E-state index contributed by atoms with van der Waals surface area (Å²) in [5.74, 6) is 0.177. The van der Waals surface area contributed by atoms with Gasteiger partial charge in [-0.2, -0.15) is 0 Å². The fourth-order valence-electron chi connectivity index (χ4n) is 1.97. The van der Waals surface area contributed by atoms with Gasteiger partial charge in [-0.25, -0.2) is 4.79 Å². The molecule has 114 valence electrons. The summed E-state index contributed by atoms with van der Waals surface area (Å²) in [6, 6.07) is 13.3. The van der Waals surface area contributed by atoms with Gasteiger partial charge in [-0.1, -0.05) is 24.3 Å². The van der Waals surface area contributed by atoms with Crippen LogP contribution in [0.1, 0.15) is 22.8 Å². The van der Waals surface area contributed by atoms with E-state index < -0.39 is 0 Å². The Hall–Kier alpha value is -2.82. The quantitative estimate of drug-likeness (QED) is 0.743. The van der Waals surface area contributed by atoms with Crippen molar-refractivity contribution in [3.05, 3.63) is 59.7 Å². The average molecular weight is 298 g/mol. The zero-order valence-electron chi connectivity index (χ0n) is 12.3. The third kappa shape index (κ3) is 4.63. The third-order valence-electron chi connectivity index (χ3n) is 3.16. The second kappa shape index (κ2) is 7.26. The number of hydrogen-bond donors (Lipinski definition) is 3. The van der Waals surface area contributed by atoms with E-state index in [1.54, 1.807) is 36.4 Å². The summed E-state index contributed by atoms with van der Waals surface area (Å²) in [7, 11) is 0. The molecule has 0 atom stereocenters. The van der Waals surface area contributed by atoms with E-state index in [2.05, 4.69) is 10.6 Å². The molecule has 3 N–H and O–H groups in total. The van der Waals surface area contributed by atoms with Crippen molar-refractivity contribution >= 4 is 17.5 Å². The fraction of sp³-hybridized carbons (Fsp3) is 0.176. The molecule has 0 radical (unpaired) electrons. The molecule has 22 heavy (non-hydrogen) atoms. The van der Waals surface area contributed by atoms with Crippen LogP contribution in [0.3, 0.4) is 0 Å². The van der Waals surface area contributed by atoms with Gasteiger partial charge in [0.05, 0.1) is 0 Å². The number of rotatable bonds is 5. The SMILES string of the molecule is CC(=O)c1cccc(NC(=O)NCCc2ccc(O)cc2)c1. The lowest BCUT2D eigenvalue weighted by atomic mass is 10.1. The zero-order chi connectivity index (χ0) is 15.9. The van der Waals surface area contributed by atoms with Crippen molar-refractivity contribution in [1.29, 1.82) is 0 Å². The Morgan fingerprint density at radius 3 is 2.50 bits per heavy atom. The highest BCUT2D eigenvalue weighted by molar-refractivity contribution is 5.96. The summed E-state index contributed by atoms with van der Waals surface area (Å²) < 4.78 is 0. The van der Waals surface area contributed by atoms with Crippen molar-refractivity contribution in [2.75, 3.05) is 11.9 Å². The molecule has 0 aliphatic heterocycles. The maximum absolute atomic E-state index is 11.8. The van der Waals surface area contributed by atoms with Gasteiger partial charge in [-0.3, -0.25) is 4.79 Å². The van der Waals surface area contributed by atoms with Crippen molar-refractivity contribution < 1.29 is 14.7 Å². The minimum atomic E-state index is -0.320. The normalized spacial score (nSPS) is 10.0. The third-order valence-corrected chi connectivity index (χ3v) is 3.16. The number of carbonyl (C=O) groups excluding carboxylic acids is 2. The number of Topliss-reactive ketones (excluding diaryl/α,β-unsaturated/α-hetero) is 1. The standard InChI is InChI=1S/C17H18N2O3/c1-12(20)14-3-2-4-15(11-14)19-17(22)18-10-9-13-5-7-16(21)8-6-13/h2-8,11,21H,9-10H2,1H3,(H2,18,19,22). The lowest BCUT2D eigenvalue weighted by molar-refractivity contribution is 0.101. The van der Waals surface area contributed by atoms with E-state index in [4.69, 9.17) is 0 Å². The maximum Gasteiger partial charge on any atom is 0.319 e. The number of carbonyl (C=O) groups is 2. The number of anilines is 1. The number of amides is 2. The van der Waals surface area contributed by atoms with Crippen LogP contribution in [-0.2, 0) is 6.42 Å². The van der Waals surface area contributed by atoms with Crippen LogP contribution in [0.25, 0.3) is 0 Å². The molecule has 0 saturated carbocycles. The van der Waals surface area contributed by atoms with E-state index in [-0.39, 0.29) is 17.6 Å². The summed E-state index contributed by atoms with van der Waals surface area (Å²) >= 11 is 0. The number of nitrogens with one attached hydrogen (secondary N) is 2. The lowest BCUT2D eigenvalue weighted by Crippen LogP contribution is -2.30. The lowest BCUT2D eigenvalue weighted by Gasteiger charge is -2.08. The van der Waals surface area contributed by atoms with Crippen LogP contribution in [0.2, 0.25) is 0 Å². The molecule has 0 heterocycles. The van der Waals surface area contributed by atoms with Gasteiger partial charge >= 0.3 is 6.03 Å². The highest BCUT2D eigenvalue weighted by atomic mass is 16.3. The zero-order valence-corrected chi connectivity index (χ0v) is 12.3. The van der Waals surface area contributed by atoms with Gasteiger partial charge in [-0.05, 0) is 43.2 Å². The van der Waals surface area contributed by atoms with E-state index in [1.165, 1.54) is 6.92 Å². The molecule has 2 aromatic rings. The Bertz CT molecular complexity index is 666. The second-order valence-electron chi connectivity index (χ2n) is 4.93. The van der Waals surface area contributed by atoms with Gasteiger partial charge < -0.3 is 15.7 Å². The van der Waals surface area contributed by atoms with Gasteiger partial charge in [0.25, 0.3) is 0 Å². The van der Waals surface area contributed by atoms with E-state index >= 15 is 0 Å². The van der Waals surface area contributed by atoms with Crippen LogP contribution in [-0.4, -0.2) is 23.5 Å². The molecule has 2 rings (SSSR count). The summed E-state index contributed by atoms with van der Waals surface area (Å²) in [4.78, 5) is 23.1. The highest BCUT2D eigenvalue weighted by Crippen LogP contribution is 2.11. The Morgan fingerprint density at radius 1 is 1.09 bits per heavy atom. The van der Waals surface area contributed by atoms with Gasteiger partial charge in [0, 0.05) is 17.8 Å². The minimum absolute atomic E-state index is 0.0450. The smallest absolute Gasteiger partial charge is 0.319 e. The van der Waals surface area contributed by atoms with Crippen molar-refractivity contribution in [3.63, 3.8) is 0 Å². The average Bonchev–Trinajstić information content (AvgIpc) is 2.49. The van der Waals surface area contributed by atoms with Crippen LogP contribution in [0.4, 0.5) is 10.5 Å². The summed E-state index contributed by atoms with van der Waals surface area (Å²) in [6.45, 7) is 1.96. The van der Waals surface area contributed by atoms with Crippen LogP contribution >= 0.6 is 0 Å². The molecule has 0 aromatic heterocycles. The fourth-order valence-corrected chi connectivity index (χ4v) is 1.97. The number of benzene rings is 2. The molecule has 0 spiro atoms. The number of ketones is 1. The maximum atomic E-state index is 11.8. The van der Waals surface area contributed by atoms with Crippen LogP contribution in [0.15, 0.2) is 48.5 Å². The predicted molar refractivity (Wildman–Crippen MR) is 85.3 cm³/mol. The van der Waals surface area contributed by atoms with E-state index in [0.29, 0.717) is 24.2 Å². The molecular formula is C17H18N2O3. The van der Waals surface area contributed by atoms with Crippen molar-refractivity contribution in [2.45, 2.75) is 13.3 Å². The first kappa shape index (κ1) is 15.6. The van der Waals surface area contributed by atoms with Crippen molar-refractivity contribution in [1.82, 2.24) is 5.32 Å². The number of aromatic hydroxyl groups is 1. The van der Waals surface area contributed by atoms with Crippen LogP contribution in [0.5, 0.6) is 5.75 Å². The minimum Gasteiger partial charge on any atom is -0.508 e. The molecule has 2 amide bonds. The molecule has 5 heteroatoms. The summed E-state index contributed by atoms with van der Waals surface area (Å²) in [5.41, 5.74) is 2.16. The monoisotopic (exact) mass is 298 g/mol. The highest BCUT2D eigenvalue weighted by Gasteiger charge is 2.04. The Labute approximate surface area is 129 Å². The van der Waals surface area contributed by atoms with Gasteiger partial charge in [0.2, 0.25) is 0 Å². The van der Waals surface area contributed by atoms with E-state index in [0.717, 1.165) is 5.56 Å². The van der Waals surface area contributed by atoms with Crippen molar-refractivity contribution in [3.8, 4) is 5.75 Å². The molecule has 0 aliphatic carbocycles. The molecule has 2 aromatic carbocycles. The Morgan fingerprint density at radius 2 is 1.82 bits per heavy atom. The van der Waals surface area contributed by atoms with Crippen molar-refractivity contribution in [2.24, 2.45) is 0 Å². The molecule has 0 bridgehead atoms. The summed E-state index contributed by atoms with van der Waals surface area (Å²) in [6.07, 6.45) is 0.668. The van der Waals surface area contributed by atoms with Crippen LogP contribution < -0.4 is 10.6 Å². The number of hydrogen-bond acceptors (Lipinski definition) is 3. The Balaban J connectivity index is 1.81. The van der Waals surface area contributed by atoms with Gasteiger partial charge in [-0.15, -0.1) is 0 Å². The molecule has 0 unspecified atom stereocenters. The Kier molecular flexibility index (Phi) is 5.14. The first-order valence-corrected chi connectivity index (χ1v) is 6.98. The number of phenolic OH excluding ortho intramolecular Hbond substituents is 1. The number of urea groups is 1. The first-order chi connectivity index (χ1) is 10.5. The predicted octanol–water partition coefficient (Wildman–Crippen LogP) is 2.96. The van der Waals surface area contributed by atoms with Gasteiger partial charge in [0.15, 0.2) is 5.78 Å². The van der Waals surface area contributed by atoms with Crippen LogP contribution in [0, 0.1) is 0 Å². The summed E-state index contributed by atoms with van der Waals surface area (Å²) in [5, 5.41) is 14.6. The van der Waals surface area contributed by atoms with E-state index in [1.807, 2.05) is 12.1 Å². The molecule has 5 nitrogen and oxygen atoms in total.